The summed E-state index contributed by atoms with van der Waals surface area (Å²) in [5, 5.41) is 4.94. The number of pyridine rings is 3. The molecule has 4 heterocycles. The van der Waals surface area contributed by atoms with Crippen molar-refractivity contribution in [3.8, 4) is 22.5 Å². The van der Waals surface area contributed by atoms with Gasteiger partial charge < -0.3 is 4.98 Å². The van der Waals surface area contributed by atoms with Crippen molar-refractivity contribution in [2.24, 2.45) is 0 Å². The monoisotopic (exact) mass is 910 g/mol. The van der Waals surface area contributed by atoms with E-state index in [0.29, 0.717) is 11.1 Å². The van der Waals surface area contributed by atoms with Crippen LogP contribution in [0, 0.1) is 32.9 Å². The molecule has 4 aromatic carbocycles. The van der Waals surface area contributed by atoms with Crippen LogP contribution in [-0.2, 0) is 26.5 Å². The van der Waals surface area contributed by atoms with Crippen molar-refractivity contribution in [2.75, 3.05) is 0 Å². The minimum atomic E-state index is -1.77. The fourth-order valence-electron chi connectivity index (χ4n) is 6.38. The summed E-state index contributed by atoms with van der Waals surface area (Å²) in [4.78, 5) is 13.4. The van der Waals surface area contributed by atoms with Gasteiger partial charge in [-0.05, 0) is 81.7 Å². The van der Waals surface area contributed by atoms with Crippen molar-refractivity contribution in [1.29, 1.82) is 0 Å². The summed E-state index contributed by atoms with van der Waals surface area (Å²) in [5.74, 6) is 7.20. The molecule has 50 heavy (non-hydrogen) atoms. The SMILES string of the molecule is Cc1cc(-c2[c-]cccc2)nc[c]1[Ge]([CH3])([CH3])[CH3].[2H]C([2H])(c1ccnc(C)c1)c1ccnc(-c2[c-]ccc3c2sc2c4cccc(C)c4ccc32)c1.[Ir]. The topological polar surface area (TPSA) is 38.7 Å². The Bertz CT molecular complexity index is 2540. The van der Waals surface area contributed by atoms with Crippen LogP contribution < -0.4 is 4.40 Å². The van der Waals surface area contributed by atoms with Crippen molar-refractivity contribution in [3.05, 3.63) is 156 Å². The molecule has 0 atom stereocenters. The molecule has 0 aliphatic rings. The number of aryl methyl sites for hydroxylation is 3. The van der Waals surface area contributed by atoms with E-state index in [0.717, 1.165) is 32.9 Å². The van der Waals surface area contributed by atoms with E-state index in [9.17, 15) is 0 Å². The molecule has 0 aliphatic carbocycles. The Morgan fingerprint density at radius 3 is 2.14 bits per heavy atom. The van der Waals surface area contributed by atoms with Gasteiger partial charge in [0.15, 0.2) is 0 Å². The van der Waals surface area contributed by atoms with Crippen LogP contribution in [0.2, 0.25) is 17.3 Å². The first-order chi connectivity index (χ1) is 24.4. The van der Waals surface area contributed by atoms with Gasteiger partial charge in [0.25, 0.3) is 0 Å². The summed E-state index contributed by atoms with van der Waals surface area (Å²) in [7, 11) is 0. The van der Waals surface area contributed by atoms with Crippen LogP contribution in [0.5, 0.6) is 0 Å². The van der Waals surface area contributed by atoms with Crippen LogP contribution in [0.15, 0.2) is 116 Å². The van der Waals surface area contributed by atoms with Gasteiger partial charge in [0.2, 0.25) is 0 Å². The van der Waals surface area contributed by atoms with Crippen molar-refractivity contribution in [1.82, 2.24) is 15.0 Å². The van der Waals surface area contributed by atoms with Crippen LogP contribution in [-0.4, -0.2) is 28.2 Å². The van der Waals surface area contributed by atoms with Crippen molar-refractivity contribution in [3.63, 3.8) is 0 Å². The number of aromatic nitrogens is 3. The first-order valence-corrected chi connectivity index (χ1v) is 24.7. The molecule has 8 rings (SSSR count). The maximum atomic E-state index is 8.83. The molecular formula is C44H39GeIrN3S-2. The first kappa shape index (κ1) is 33.2. The van der Waals surface area contributed by atoms with Gasteiger partial charge in [-0.1, -0.05) is 41.8 Å². The molecule has 0 amide bonds. The van der Waals surface area contributed by atoms with E-state index in [1.807, 2.05) is 37.3 Å². The molecule has 6 heteroatoms. The van der Waals surface area contributed by atoms with Crippen molar-refractivity contribution < 1.29 is 22.8 Å². The zero-order valence-electron chi connectivity index (χ0n) is 31.1. The summed E-state index contributed by atoms with van der Waals surface area (Å²) >= 11 is -0.0129. The summed E-state index contributed by atoms with van der Waals surface area (Å²) in [6, 6.07) is 38.9. The molecule has 4 aromatic heterocycles. The second-order valence-corrected chi connectivity index (χ2v) is 25.1. The number of hydrogen-bond acceptors (Lipinski definition) is 4. The van der Waals surface area contributed by atoms with E-state index in [-0.39, 0.29) is 20.1 Å². The third kappa shape index (κ3) is 7.52. The van der Waals surface area contributed by atoms with E-state index in [1.165, 1.54) is 41.8 Å². The number of fused-ring (bicyclic) bond motifs is 5. The number of nitrogens with zero attached hydrogens (tertiary/aromatic N) is 3. The third-order valence-electron chi connectivity index (χ3n) is 8.78. The molecule has 3 nitrogen and oxygen atoms in total. The fraction of sp³-hybridized carbons (Fsp3) is 0.159. The molecule has 0 aliphatic heterocycles. The minimum Gasteiger partial charge on any atom is -0.305 e. The van der Waals surface area contributed by atoms with E-state index >= 15 is 0 Å². The van der Waals surface area contributed by atoms with Gasteiger partial charge in [0.05, 0.1) is 0 Å². The molecule has 0 spiro atoms. The van der Waals surface area contributed by atoms with Crippen LogP contribution in [0.1, 0.15) is 30.7 Å². The number of thiophene rings is 1. The third-order valence-corrected chi connectivity index (χ3v) is 14.5. The molecule has 0 bridgehead atoms. The van der Waals surface area contributed by atoms with Gasteiger partial charge in [-0.2, -0.15) is 11.3 Å². The second kappa shape index (κ2) is 15.1. The smallest absolute Gasteiger partial charge is 0.0375 e. The van der Waals surface area contributed by atoms with Gasteiger partial charge in [-0.25, -0.2) is 0 Å². The van der Waals surface area contributed by atoms with Crippen molar-refractivity contribution >= 4 is 59.9 Å². The van der Waals surface area contributed by atoms with E-state index in [1.54, 1.807) is 41.9 Å². The zero-order chi connectivity index (χ0) is 35.9. The van der Waals surface area contributed by atoms with E-state index < -0.39 is 19.6 Å². The Hall–Kier alpha value is -4.00. The Labute approximate surface area is 318 Å². The Morgan fingerprint density at radius 2 is 1.40 bits per heavy atom. The molecule has 0 unspecified atom stereocenters. The summed E-state index contributed by atoms with van der Waals surface area (Å²) < 4.78 is 21.5. The largest absolute Gasteiger partial charge is 0.305 e. The summed E-state index contributed by atoms with van der Waals surface area (Å²) in [6.45, 7) is 6.22. The Morgan fingerprint density at radius 1 is 0.660 bits per heavy atom. The number of benzene rings is 4. The first-order valence-electron chi connectivity index (χ1n) is 17.5. The quantitative estimate of drug-likeness (QED) is 0.128. The average molecular weight is 909 g/mol. The molecule has 8 aromatic rings. The molecule has 1 radical (unpaired) electrons. The predicted molar refractivity (Wildman–Crippen MR) is 212 cm³/mol. The molecule has 251 valence electrons. The minimum absolute atomic E-state index is 0. The van der Waals surface area contributed by atoms with Gasteiger partial charge in [0, 0.05) is 45.6 Å². The zero-order valence-corrected chi connectivity index (χ0v) is 34.4. The van der Waals surface area contributed by atoms with Crippen LogP contribution in [0.25, 0.3) is 53.5 Å². The Balaban J connectivity index is 0.000000218. The van der Waals surface area contributed by atoms with Gasteiger partial charge in [-0.3, -0.25) is 4.98 Å². The van der Waals surface area contributed by atoms with Crippen molar-refractivity contribution in [2.45, 2.75) is 44.4 Å². The normalized spacial score (nSPS) is 12.2. The summed E-state index contributed by atoms with van der Waals surface area (Å²) in [5.41, 5.74) is 8.32. The molecule has 0 saturated carbocycles. The second-order valence-electron chi connectivity index (χ2n) is 13.5. The van der Waals surface area contributed by atoms with Gasteiger partial charge in [-0.15, -0.1) is 23.8 Å². The maximum absolute atomic E-state index is 8.83. The Kier molecular flexibility index (Phi) is 10.0. The molecular weight excluding hydrogens is 867 g/mol. The predicted octanol–water partition coefficient (Wildman–Crippen LogP) is 11.1. The van der Waals surface area contributed by atoms with E-state index in [4.69, 9.17) is 2.74 Å². The standard InChI is InChI=1S/C29H21N2S.C15H18GeN.Ir/c1-18-5-3-6-23-22(18)9-10-25-24-7-4-8-26(29(24)32-28(23)25)27-17-21(12-14-31-27)16-20-11-13-30-19(2)15-20;1-12-10-15(13-8-6-5-7-9-13)17-11-14(12)16(2,3)4;/h3-7,9-15,17H,16H2,1-2H3;5-8,10-11H,1-4H3;/q2*-1;/i16D2;;. The van der Waals surface area contributed by atoms with Gasteiger partial charge >= 0.3 is 106 Å². The molecule has 0 fully saturated rings. The average Bonchev–Trinajstić information content (AvgIpc) is 3.52. The van der Waals surface area contributed by atoms with Crippen LogP contribution >= 0.6 is 11.3 Å². The van der Waals surface area contributed by atoms with Crippen LogP contribution in [0.4, 0.5) is 0 Å². The fourth-order valence-corrected chi connectivity index (χ4v) is 11.3. The van der Waals surface area contributed by atoms with Crippen LogP contribution in [0.3, 0.4) is 0 Å². The van der Waals surface area contributed by atoms with E-state index in [2.05, 4.69) is 113 Å². The molecule has 0 saturated heterocycles. The number of rotatable bonds is 5. The summed E-state index contributed by atoms with van der Waals surface area (Å²) in [6.07, 6.45) is 3.76. The maximum Gasteiger partial charge on any atom is 0.0375 e. The molecule has 0 N–H and O–H groups in total. The van der Waals surface area contributed by atoms with Gasteiger partial charge in [0.1, 0.15) is 0 Å². The number of hydrogen-bond donors (Lipinski definition) is 0.